The highest BCUT2D eigenvalue weighted by atomic mass is 16.5. The van der Waals surface area contributed by atoms with Gasteiger partial charge in [0.1, 0.15) is 18.1 Å². The van der Waals surface area contributed by atoms with E-state index in [1.54, 1.807) is 0 Å². The fourth-order valence-corrected chi connectivity index (χ4v) is 2.42. The molecule has 0 amide bonds. The Hall–Kier alpha value is -2.33. The Kier molecular flexibility index (Phi) is 3.88. The second kappa shape index (κ2) is 5.97. The fourth-order valence-electron chi connectivity index (χ4n) is 2.42. The van der Waals surface area contributed by atoms with E-state index in [0.717, 1.165) is 34.5 Å². The fraction of sp³-hybridized carbons (Fsp3) is 0.235. The van der Waals surface area contributed by atoms with Crippen molar-refractivity contribution in [2.75, 3.05) is 0 Å². The third-order valence-corrected chi connectivity index (χ3v) is 3.57. The van der Waals surface area contributed by atoms with Gasteiger partial charge in [-0.15, -0.1) is 0 Å². The van der Waals surface area contributed by atoms with E-state index in [4.69, 9.17) is 10.5 Å². The third-order valence-electron chi connectivity index (χ3n) is 3.57. The molecule has 1 aromatic heterocycles. The van der Waals surface area contributed by atoms with Crippen LogP contribution in [0.25, 0.3) is 10.9 Å². The van der Waals surface area contributed by atoms with Crippen LogP contribution in [0.5, 0.6) is 5.75 Å². The number of nitrogens with two attached hydrogens (primary N) is 1. The van der Waals surface area contributed by atoms with Crippen molar-refractivity contribution in [1.82, 2.24) is 9.78 Å². The molecule has 4 heteroatoms. The standard InChI is InChI=1S/C17H19N3O/c1-2-20-17-6-4-3-5-15(17)16(19-20)12-21-14-9-7-13(11-18)8-10-14/h3-10H,2,11-12,18H2,1H3. The molecule has 2 aromatic carbocycles. The van der Waals surface area contributed by atoms with Crippen molar-refractivity contribution >= 4 is 10.9 Å². The molecule has 0 saturated heterocycles. The molecule has 3 aromatic rings. The van der Waals surface area contributed by atoms with Crippen LogP contribution in [0.1, 0.15) is 18.2 Å². The Morgan fingerprint density at radius 1 is 1.10 bits per heavy atom. The number of para-hydroxylation sites is 1. The molecule has 0 radical (unpaired) electrons. The van der Waals surface area contributed by atoms with Gasteiger partial charge in [0.15, 0.2) is 0 Å². The normalized spacial score (nSPS) is 11.0. The Balaban J connectivity index is 1.81. The van der Waals surface area contributed by atoms with Gasteiger partial charge in [-0.05, 0) is 30.7 Å². The number of hydrogen-bond donors (Lipinski definition) is 1. The van der Waals surface area contributed by atoms with Gasteiger partial charge >= 0.3 is 0 Å². The third kappa shape index (κ3) is 2.76. The number of fused-ring (bicyclic) bond motifs is 1. The minimum absolute atomic E-state index is 0.468. The smallest absolute Gasteiger partial charge is 0.133 e. The van der Waals surface area contributed by atoms with E-state index < -0.39 is 0 Å². The van der Waals surface area contributed by atoms with Crippen molar-refractivity contribution in [2.24, 2.45) is 5.73 Å². The second-order valence-electron chi connectivity index (χ2n) is 4.92. The number of hydrogen-bond acceptors (Lipinski definition) is 3. The Morgan fingerprint density at radius 3 is 2.57 bits per heavy atom. The highest BCUT2D eigenvalue weighted by molar-refractivity contribution is 5.81. The van der Waals surface area contributed by atoms with Crippen molar-refractivity contribution in [2.45, 2.75) is 26.6 Å². The van der Waals surface area contributed by atoms with Gasteiger partial charge in [0.05, 0.1) is 5.52 Å². The first-order valence-corrected chi connectivity index (χ1v) is 7.18. The molecule has 108 valence electrons. The van der Waals surface area contributed by atoms with Gasteiger partial charge in [0.25, 0.3) is 0 Å². The summed E-state index contributed by atoms with van der Waals surface area (Å²) >= 11 is 0. The molecule has 4 nitrogen and oxygen atoms in total. The van der Waals surface area contributed by atoms with E-state index in [2.05, 4.69) is 24.2 Å². The SMILES string of the molecule is CCn1nc(COc2ccc(CN)cc2)c2ccccc21. The zero-order valence-electron chi connectivity index (χ0n) is 12.1. The minimum atomic E-state index is 0.468. The molecule has 0 fully saturated rings. The van der Waals surface area contributed by atoms with Crippen molar-refractivity contribution in [3.63, 3.8) is 0 Å². The highest BCUT2D eigenvalue weighted by Crippen LogP contribution is 2.20. The first-order valence-electron chi connectivity index (χ1n) is 7.18. The molecule has 0 atom stereocenters. The first-order chi connectivity index (χ1) is 10.3. The summed E-state index contributed by atoms with van der Waals surface area (Å²) in [5.74, 6) is 0.835. The van der Waals surface area contributed by atoms with Crippen molar-refractivity contribution in [3.05, 3.63) is 59.8 Å². The molecule has 0 saturated carbocycles. The summed E-state index contributed by atoms with van der Waals surface area (Å²) < 4.78 is 7.85. The van der Waals surface area contributed by atoms with E-state index in [-0.39, 0.29) is 0 Å². The summed E-state index contributed by atoms with van der Waals surface area (Å²) in [5.41, 5.74) is 8.81. The van der Waals surface area contributed by atoms with Crippen LogP contribution in [0, 0.1) is 0 Å². The summed E-state index contributed by atoms with van der Waals surface area (Å²) in [5, 5.41) is 5.78. The summed E-state index contributed by atoms with van der Waals surface area (Å²) in [6.45, 7) is 3.96. The molecule has 1 heterocycles. The van der Waals surface area contributed by atoms with Crippen LogP contribution in [-0.2, 0) is 19.7 Å². The predicted molar refractivity (Wildman–Crippen MR) is 84.1 cm³/mol. The maximum Gasteiger partial charge on any atom is 0.133 e. The van der Waals surface area contributed by atoms with Crippen LogP contribution < -0.4 is 10.5 Å². The average molecular weight is 281 g/mol. The van der Waals surface area contributed by atoms with Crippen molar-refractivity contribution in [1.29, 1.82) is 0 Å². The van der Waals surface area contributed by atoms with E-state index in [9.17, 15) is 0 Å². The molecular weight excluding hydrogens is 262 g/mol. The molecule has 0 aliphatic rings. The van der Waals surface area contributed by atoms with Crippen molar-refractivity contribution < 1.29 is 4.74 Å². The Labute approximate surface area is 124 Å². The van der Waals surface area contributed by atoms with Gasteiger partial charge in [-0.2, -0.15) is 5.10 Å². The molecule has 0 aliphatic carbocycles. The first kappa shape index (κ1) is 13.6. The molecule has 0 bridgehead atoms. The maximum atomic E-state index is 5.84. The van der Waals surface area contributed by atoms with Crippen LogP contribution in [0.4, 0.5) is 0 Å². The van der Waals surface area contributed by atoms with Crippen LogP contribution in [0.15, 0.2) is 48.5 Å². The van der Waals surface area contributed by atoms with E-state index in [0.29, 0.717) is 13.2 Å². The lowest BCUT2D eigenvalue weighted by Crippen LogP contribution is -2.00. The monoisotopic (exact) mass is 281 g/mol. The van der Waals surface area contributed by atoms with Crippen LogP contribution in [0.2, 0.25) is 0 Å². The predicted octanol–water partition coefficient (Wildman–Crippen LogP) is 3.09. The molecule has 0 spiro atoms. The summed E-state index contributed by atoms with van der Waals surface area (Å²) in [6, 6.07) is 16.1. The number of aromatic nitrogens is 2. The second-order valence-corrected chi connectivity index (χ2v) is 4.92. The topological polar surface area (TPSA) is 53.1 Å². The largest absolute Gasteiger partial charge is 0.487 e. The number of ether oxygens (including phenoxy) is 1. The molecular formula is C17H19N3O. The van der Waals surface area contributed by atoms with E-state index >= 15 is 0 Å². The quantitative estimate of drug-likeness (QED) is 0.782. The lowest BCUT2D eigenvalue weighted by Gasteiger charge is -2.05. The van der Waals surface area contributed by atoms with Gasteiger partial charge in [-0.1, -0.05) is 30.3 Å². The zero-order valence-corrected chi connectivity index (χ0v) is 12.1. The summed E-state index contributed by atoms with van der Waals surface area (Å²) in [7, 11) is 0. The zero-order chi connectivity index (χ0) is 14.7. The van der Waals surface area contributed by atoms with Gasteiger partial charge in [-0.25, -0.2) is 0 Å². The Morgan fingerprint density at radius 2 is 1.86 bits per heavy atom. The van der Waals surface area contributed by atoms with Crippen LogP contribution in [0.3, 0.4) is 0 Å². The van der Waals surface area contributed by atoms with E-state index in [1.807, 2.05) is 41.1 Å². The number of rotatable bonds is 5. The van der Waals surface area contributed by atoms with Gasteiger partial charge < -0.3 is 10.5 Å². The van der Waals surface area contributed by atoms with Gasteiger partial charge in [-0.3, -0.25) is 4.68 Å². The van der Waals surface area contributed by atoms with Gasteiger partial charge in [0.2, 0.25) is 0 Å². The lowest BCUT2D eigenvalue weighted by atomic mass is 10.2. The molecule has 0 aliphatic heterocycles. The highest BCUT2D eigenvalue weighted by Gasteiger charge is 2.09. The Bertz CT molecular complexity index is 731. The number of nitrogens with zero attached hydrogens (tertiary/aromatic N) is 2. The molecule has 3 rings (SSSR count). The lowest BCUT2D eigenvalue weighted by molar-refractivity contribution is 0.301. The van der Waals surface area contributed by atoms with Crippen molar-refractivity contribution in [3.8, 4) is 5.75 Å². The van der Waals surface area contributed by atoms with Gasteiger partial charge in [0, 0.05) is 18.5 Å². The van der Waals surface area contributed by atoms with E-state index in [1.165, 1.54) is 0 Å². The molecule has 2 N–H and O–H groups in total. The number of benzene rings is 2. The average Bonchev–Trinajstić information content (AvgIpc) is 2.91. The maximum absolute atomic E-state index is 5.84. The minimum Gasteiger partial charge on any atom is -0.487 e. The summed E-state index contributed by atoms with van der Waals surface area (Å²) in [6.07, 6.45) is 0. The molecule has 0 unspecified atom stereocenters. The summed E-state index contributed by atoms with van der Waals surface area (Å²) in [4.78, 5) is 0. The number of aryl methyl sites for hydroxylation is 1. The van der Waals surface area contributed by atoms with Crippen LogP contribution in [-0.4, -0.2) is 9.78 Å². The molecule has 21 heavy (non-hydrogen) atoms. The van der Waals surface area contributed by atoms with Crippen LogP contribution >= 0.6 is 0 Å².